The minimum Gasteiger partial charge on any atom is -0.381 e. The number of nitrogens with one attached hydrogen (secondary N) is 1. The molecule has 2 aromatic carbocycles. The van der Waals surface area contributed by atoms with Gasteiger partial charge in [0.1, 0.15) is 5.56 Å². The van der Waals surface area contributed by atoms with Gasteiger partial charge in [0, 0.05) is 29.3 Å². The van der Waals surface area contributed by atoms with E-state index >= 15 is 0 Å². The molecule has 1 atom stereocenters. The van der Waals surface area contributed by atoms with Gasteiger partial charge in [0.05, 0.1) is 11.4 Å². The van der Waals surface area contributed by atoms with Gasteiger partial charge in [-0.25, -0.2) is 9.50 Å². The molecule has 0 saturated heterocycles. The Hall–Kier alpha value is -4.90. The SMILES string of the molecule is C.CC#Cc1cccc2cc([C@H](C)NC(=O)c3c(N)nn4cccnc34)n(-c3ccccc3)c(=O)c12. The number of benzene rings is 2. The van der Waals surface area contributed by atoms with Crippen LogP contribution in [0.25, 0.3) is 22.1 Å². The number of amides is 1. The summed E-state index contributed by atoms with van der Waals surface area (Å²) >= 11 is 0. The molecule has 3 aromatic heterocycles. The lowest BCUT2D eigenvalue weighted by atomic mass is 10.0. The highest BCUT2D eigenvalue weighted by Gasteiger charge is 2.23. The predicted octanol–water partition coefficient (Wildman–Crippen LogP) is 4.11. The molecule has 3 heterocycles. The fraction of sp³-hybridized carbons (Fsp3) is 0.143. The van der Waals surface area contributed by atoms with Gasteiger partial charge in [-0.3, -0.25) is 14.2 Å². The first-order chi connectivity index (χ1) is 17.0. The van der Waals surface area contributed by atoms with Crippen molar-refractivity contribution in [2.24, 2.45) is 0 Å². The molecule has 0 spiro atoms. The number of carbonyl (C=O) groups is 1. The second-order valence-electron chi connectivity index (χ2n) is 8.03. The molecule has 0 aliphatic rings. The van der Waals surface area contributed by atoms with Crippen LogP contribution in [-0.2, 0) is 0 Å². The third kappa shape index (κ3) is 4.07. The molecule has 5 rings (SSSR count). The van der Waals surface area contributed by atoms with Crippen LogP contribution in [0.2, 0.25) is 0 Å². The number of aromatic nitrogens is 4. The molecule has 0 bridgehead atoms. The van der Waals surface area contributed by atoms with E-state index in [-0.39, 0.29) is 24.4 Å². The average Bonchev–Trinajstić information content (AvgIpc) is 3.20. The van der Waals surface area contributed by atoms with Crippen LogP contribution in [0.15, 0.2) is 77.9 Å². The van der Waals surface area contributed by atoms with Crippen LogP contribution < -0.4 is 16.6 Å². The number of hydrogen-bond donors (Lipinski definition) is 2. The number of pyridine rings is 1. The molecule has 0 radical (unpaired) electrons. The molecule has 180 valence electrons. The largest absolute Gasteiger partial charge is 0.381 e. The Bertz CT molecular complexity index is 1710. The van der Waals surface area contributed by atoms with E-state index in [2.05, 4.69) is 27.2 Å². The van der Waals surface area contributed by atoms with Crippen molar-refractivity contribution < 1.29 is 4.79 Å². The monoisotopic (exact) mass is 478 g/mol. The standard InChI is InChI=1S/C27H22N6O2.CH4/c1-3-9-18-10-7-11-19-16-21(33(27(35)22(18)19)20-12-5-4-6-13-20)17(2)30-26(34)23-24(28)31-32-15-8-14-29-25(23)32;/h4-8,10-17H,1-2H3,(H2,28,31)(H,30,34);1H4/t17-;/m0./s1. The summed E-state index contributed by atoms with van der Waals surface area (Å²) in [5.41, 5.74) is 8.33. The number of hydrogen-bond acceptors (Lipinski definition) is 5. The van der Waals surface area contributed by atoms with Crippen molar-refractivity contribution >= 4 is 28.1 Å². The van der Waals surface area contributed by atoms with E-state index in [1.54, 1.807) is 30.0 Å². The highest BCUT2D eigenvalue weighted by Crippen LogP contribution is 2.24. The highest BCUT2D eigenvalue weighted by atomic mass is 16.2. The van der Waals surface area contributed by atoms with Gasteiger partial charge in [0.15, 0.2) is 11.5 Å². The van der Waals surface area contributed by atoms with E-state index in [0.29, 0.717) is 28.0 Å². The van der Waals surface area contributed by atoms with Crippen LogP contribution in [0.4, 0.5) is 5.82 Å². The molecule has 0 aliphatic carbocycles. The van der Waals surface area contributed by atoms with Crippen LogP contribution in [0, 0.1) is 11.8 Å². The van der Waals surface area contributed by atoms with Gasteiger partial charge in [0.2, 0.25) is 0 Å². The molecule has 8 nitrogen and oxygen atoms in total. The van der Waals surface area contributed by atoms with E-state index < -0.39 is 11.9 Å². The van der Waals surface area contributed by atoms with Gasteiger partial charge in [-0.15, -0.1) is 11.0 Å². The molecule has 0 fully saturated rings. The Labute approximate surface area is 208 Å². The Morgan fingerprint density at radius 2 is 1.89 bits per heavy atom. The van der Waals surface area contributed by atoms with Crippen LogP contribution in [0.5, 0.6) is 0 Å². The molecule has 3 N–H and O–H groups in total. The summed E-state index contributed by atoms with van der Waals surface area (Å²) in [5.74, 6) is 5.56. The maximum absolute atomic E-state index is 13.8. The Balaban J connectivity index is 0.00000304. The Kier molecular flexibility index (Phi) is 6.57. The van der Waals surface area contributed by atoms with Crippen molar-refractivity contribution in [2.75, 3.05) is 5.73 Å². The zero-order chi connectivity index (χ0) is 24.5. The summed E-state index contributed by atoms with van der Waals surface area (Å²) in [5, 5.41) is 8.42. The fourth-order valence-corrected chi connectivity index (χ4v) is 4.25. The van der Waals surface area contributed by atoms with Gasteiger partial charge >= 0.3 is 0 Å². The molecule has 8 heteroatoms. The molecular weight excluding hydrogens is 452 g/mol. The smallest absolute Gasteiger partial charge is 0.264 e. The lowest BCUT2D eigenvalue weighted by Gasteiger charge is -2.21. The van der Waals surface area contributed by atoms with Gasteiger partial charge in [-0.05, 0) is 49.6 Å². The number of rotatable bonds is 4. The number of nitrogen functional groups attached to an aromatic ring is 1. The molecule has 0 unspecified atom stereocenters. The second-order valence-corrected chi connectivity index (χ2v) is 8.03. The van der Waals surface area contributed by atoms with Gasteiger partial charge in [-0.1, -0.05) is 43.7 Å². The topological polar surface area (TPSA) is 107 Å². The van der Waals surface area contributed by atoms with Crippen molar-refractivity contribution in [3.8, 4) is 17.5 Å². The van der Waals surface area contributed by atoms with E-state index in [9.17, 15) is 9.59 Å². The van der Waals surface area contributed by atoms with E-state index in [1.165, 1.54) is 4.52 Å². The van der Waals surface area contributed by atoms with Crippen LogP contribution in [0.1, 0.15) is 48.9 Å². The first kappa shape index (κ1) is 24.2. The number of para-hydroxylation sites is 1. The number of nitrogens with two attached hydrogens (primary N) is 1. The summed E-state index contributed by atoms with van der Waals surface area (Å²) in [4.78, 5) is 31.3. The van der Waals surface area contributed by atoms with Crippen LogP contribution >= 0.6 is 0 Å². The number of carbonyl (C=O) groups excluding carboxylic acids is 1. The lowest BCUT2D eigenvalue weighted by molar-refractivity contribution is 0.0941. The lowest BCUT2D eigenvalue weighted by Crippen LogP contribution is -2.32. The average molecular weight is 479 g/mol. The number of anilines is 1. The summed E-state index contributed by atoms with van der Waals surface area (Å²) < 4.78 is 3.08. The minimum absolute atomic E-state index is 0. The maximum Gasteiger partial charge on any atom is 0.264 e. The first-order valence-electron chi connectivity index (χ1n) is 11.1. The van der Waals surface area contributed by atoms with Crippen LogP contribution in [-0.4, -0.2) is 25.1 Å². The molecule has 36 heavy (non-hydrogen) atoms. The normalized spacial score (nSPS) is 11.4. The number of nitrogens with zero attached hydrogens (tertiary/aromatic N) is 4. The molecule has 0 saturated carbocycles. The zero-order valence-corrected chi connectivity index (χ0v) is 19.2. The summed E-state index contributed by atoms with van der Waals surface area (Å²) in [7, 11) is 0. The van der Waals surface area contributed by atoms with Crippen LogP contribution in [0.3, 0.4) is 0 Å². The van der Waals surface area contributed by atoms with Crippen molar-refractivity contribution in [3.05, 3.63) is 100 Å². The maximum atomic E-state index is 13.8. The minimum atomic E-state index is -0.543. The van der Waals surface area contributed by atoms with Gasteiger partial charge < -0.3 is 11.1 Å². The van der Waals surface area contributed by atoms with Crippen molar-refractivity contribution in [1.29, 1.82) is 0 Å². The molecule has 5 aromatic rings. The van der Waals surface area contributed by atoms with Crippen molar-refractivity contribution in [1.82, 2.24) is 24.5 Å². The second kappa shape index (κ2) is 9.76. The number of fused-ring (bicyclic) bond motifs is 2. The van der Waals surface area contributed by atoms with Crippen molar-refractivity contribution in [3.63, 3.8) is 0 Å². The van der Waals surface area contributed by atoms with E-state index in [0.717, 1.165) is 5.39 Å². The first-order valence-corrected chi connectivity index (χ1v) is 11.1. The molecule has 0 aliphatic heterocycles. The Morgan fingerprint density at radius 1 is 1.11 bits per heavy atom. The summed E-state index contributed by atoms with van der Waals surface area (Å²) in [6, 6.07) is 18.0. The van der Waals surface area contributed by atoms with E-state index in [1.807, 2.05) is 61.5 Å². The molecule has 1 amide bonds. The molecular formula is C28H26N6O2. The van der Waals surface area contributed by atoms with Gasteiger partial charge in [0.25, 0.3) is 11.5 Å². The quantitative estimate of drug-likeness (QED) is 0.378. The third-order valence-corrected chi connectivity index (χ3v) is 5.79. The van der Waals surface area contributed by atoms with Gasteiger partial charge in [-0.2, -0.15) is 0 Å². The predicted molar refractivity (Wildman–Crippen MR) is 142 cm³/mol. The Morgan fingerprint density at radius 3 is 2.64 bits per heavy atom. The fourth-order valence-electron chi connectivity index (χ4n) is 4.25. The zero-order valence-electron chi connectivity index (χ0n) is 19.2. The highest BCUT2D eigenvalue weighted by molar-refractivity contribution is 6.04. The van der Waals surface area contributed by atoms with E-state index in [4.69, 9.17) is 5.73 Å². The van der Waals surface area contributed by atoms with Crippen molar-refractivity contribution in [2.45, 2.75) is 27.3 Å². The summed E-state index contributed by atoms with van der Waals surface area (Å²) in [6.45, 7) is 3.56. The third-order valence-electron chi connectivity index (χ3n) is 5.79. The summed E-state index contributed by atoms with van der Waals surface area (Å²) in [6.07, 6.45) is 3.25.